The summed E-state index contributed by atoms with van der Waals surface area (Å²) in [6, 6.07) is -0.805. The predicted molar refractivity (Wildman–Crippen MR) is 81.1 cm³/mol. The van der Waals surface area contributed by atoms with Crippen LogP contribution in [0, 0.1) is 0 Å². The third-order valence-electron chi connectivity index (χ3n) is 3.69. The number of nitrogens with zero attached hydrogens (tertiary/aromatic N) is 2. The molecule has 5 nitrogen and oxygen atoms in total. The topological polar surface area (TPSA) is 56.1 Å². The zero-order chi connectivity index (χ0) is 17.2. The lowest BCUT2D eigenvalue weighted by molar-refractivity contribution is -0.142. The first kappa shape index (κ1) is 18.3. The van der Waals surface area contributed by atoms with Gasteiger partial charge < -0.3 is 10.1 Å². The van der Waals surface area contributed by atoms with Crippen molar-refractivity contribution in [2.45, 2.75) is 44.3 Å². The van der Waals surface area contributed by atoms with Gasteiger partial charge in [0.2, 0.25) is 5.91 Å². The summed E-state index contributed by atoms with van der Waals surface area (Å²) in [5.41, 5.74) is -0.518. The number of alkyl halides is 3. The molecule has 1 amide bonds. The van der Waals surface area contributed by atoms with Crippen LogP contribution >= 0.6 is 15.9 Å². The SMILES string of the molecule is COCCCNC(=O)C(C)n1nc(C(F)(F)F)c(Br)c1C1CC1. The highest BCUT2D eigenvalue weighted by Gasteiger charge is 2.42. The molecule has 1 N–H and O–H groups in total. The normalized spacial score (nSPS) is 16.4. The van der Waals surface area contributed by atoms with Gasteiger partial charge in [0.25, 0.3) is 0 Å². The summed E-state index contributed by atoms with van der Waals surface area (Å²) in [7, 11) is 1.56. The summed E-state index contributed by atoms with van der Waals surface area (Å²) in [6.07, 6.45) is -2.29. The minimum Gasteiger partial charge on any atom is -0.385 e. The number of hydrogen-bond donors (Lipinski definition) is 1. The minimum absolute atomic E-state index is 0.0247. The molecule has 23 heavy (non-hydrogen) atoms. The maximum absolute atomic E-state index is 13.1. The van der Waals surface area contributed by atoms with Crippen molar-refractivity contribution in [2.24, 2.45) is 0 Å². The first-order valence-corrected chi connectivity index (χ1v) is 8.18. The number of ether oxygens (including phenoxy) is 1. The van der Waals surface area contributed by atoms with Gasteiger partial charge in [-0.25, -0.2) is 0 Å². The molecular weight excluding hydrogens is 379 g/mol. The van der Waals surface area contributed by atoms with Gasteiger partial charge in [-0.05, 0) is 42.1 Å². The van der Waals surface area contributed by atoms with Crippen LogP contribution in [-0.4, -0.2) is 35.9 Å². The molecule has 0 aliphatic heterocycles. The molecule has 1 aliphatic rings. The molecule has 1 atom stereocenters. The summed E-state index contributed by atoms with van der Waals surface area (Å²) >= 11 is 3.02. The Morgan fingerprint density at radius 2 is 2.17 bits per heavy atom. The Morgan fingerprint density at radius 1 is 1.52 bits per heavy atom. The van der Waals surface area contributed by atoms with Crippen LogP contribution in [0.1, 0.15) is 49.5 Å². The van der Waals surface area contributed by atoms with Crippen LogP contribution in [0.25, 0.3) is 0 Å². The van der Waals surface area contributed by atoms with Crippen molar-refractivity contribution in [2.75, 3.05) is 20.3 Å². The van der Waals surface area contributed by atoms with Gasteiger partial charge >= 0.3 is 6.18 Å². The average Bonchev–Trinajstić information content (AvgIpc) is 3.24. The fourth-order valence-corrected chi connectivity index (χ4v) is 3.12. The Balaban J connectivity index is 2.19. The Hall–Kier alpha value is -1.09. The highest BCUT2D eigenvalue weighted by atomic mass is 79.9. The van der Waals surface area contributed by atoms with Crippen LogP contribution in [0.2, 0.25) is 0 Å². The van der Waals surface area contributed by atoms with Gasteiger partial charge in [0.15, 0.2) is 5.69 Å². The van der Waals surface area contributed by atoms with Crippen LogP contribution in [0.5, 0.6) is 0 Å². The van der Waals surface area contributed by atoms with Gasteiger partial charge in [0, 0.05) is 26.2 Å². The van der Waals surface area contributed by atoms with Crippen LogP contribution < -0.4 is 5.32 Å². The van der Waals surface area contributed by atoms with Crippen LogP contribution in [-0.2, 0) is 15.7 Å². The zero-order valence-corrected chi connectivity index (χ0v) is 14.5. The van der Waals surface area contributed by atoms with Crippen LogP contribution in [0.4, 0.5) is 13.2 Å². The number of aromatic nitrogens is 2. The number of methoxy groups -OCH3 is 1. The molecule has 1 fully saturated rings. The number of nitrogens with one attached hydrogen (secondary N) is 1. The van der Waals surface area contributed by atoms with Gasteiger partial charge in [-0.3, -0.25) is 9.48 Å². The van der Waals surface area contributed by atoms with E-state index in [-0.39, 0.29) is 16.3 Å². The van der Waals surface area contributed by atoms with E-state index in [9.17, 15) is 18.0 Å². The fourth-order valence-electron chi connectivity index (χ4n) is 2.31. The summed E-state index contributed by atoms with van der Waals surface area (Å²) < 4.78 is 45.2. The van der Waals surface area contributed by atoms with E-state index in [4.69, 9.17) is 4.74 Å². The molecule has 1 aliphatic carbocycles. The van der Waals surface area contributed by atoms with E-state index in [2.05, 4.69) is 26.3 Å². The highest BCUT2D eigenvalue weighted by Crippen LogP contribution is 2.47. The summed E-state index contributed by atoms with van der Waals surface area (Å²) in [6.45, 7) is 2.47. The van der Waals surface area contributed by atoms with Crippen molar-refractivity contribution in [1.29, 1.82) is 0 Å². The number of carbonyl (C=O) groups is 1. The summed E-state index contributed by atoms with van der Waals surface area (Å²) in [5.74, 6) is -0.330. The summed E-state index contributed by atoms with van der Waals surface area (Å²) in [5, 5.41) is 6.36. The van der Waals surface area contributed by atoms with E-state index in [0.29, 0.717) is 25.3 Å². The maximum atomic E-state index is 13.1. The van der Waals surface area contributed by atoms with E-state index in [1.165, 1.54) is 4.68 Å². The third kappa shape index (κ3) is 4.26. The van der Waals surface area contributed by atoms with Crippen molar-refractivity contribution < 1.29 is 22.7 Å². The second-order valence-electron chi connectivity index (χ2n) is 5.58. The molecule has 1 heterocycles. The molecular formula is C14H19BrF3N3O2. The Kier molecular flexibility index (Phi) is 5.72. The van der Waals surface area contributed by atoms with Crippen molar-refractivity contribution in [3.8, 4) is 0 Å². The van der Waals surface area contributed by atoms with Crippen molar-refractivity contribution in [1.82, 2.24) is 15.1 Å². The quantitative estimate of drug-likeness (QED) is 0.718. The van der Waals surface area contributed by atoms with Crippen LogP contribution in [0.3, 0.4) is 0 Å². The van der Waals surface area contributed by atoms with Gasteiger partial charge in [-0.1, -0.05) is 0 Å². The fraction of sp³-hybridized carbons (Fsp3) is 0.714. The number of rotatable bonds is 7. The maximum Gasteiger partial charge on any atom is 0.436 e. The van der Waals surface area contributed by atoms with Gasteiger partial charge in [0.1, 0.15) is 6.04 Å². The molecule has 0 saturated heterocycles. The second kappa shape index (κ2) is 7.21. The highest BCUT2D eigenvalue weighted by molar-refractivity contribution is 9.10. The van der Waals surface area contributed by atoms with Crippen LogP contribution in [0.15, 0.2) is 4.47 Å². The first-order valence-electron chi connectivity index (χ1n) is 7.39. The van der Waals surface area contributed by atoms with E-state index in [0.717, 1.165) is 12.8 Å². The number of hydrogen-bond acceptors (Lipinski definition) is 3. The lowest BCUT2D eigenvalue weighted by Crippen LogP contribution is -2.33. The summed E-state index contributed by atoms with van der Waals surface area (Å²) in [4.78, 5) is 12.2. The van der Waals surface area contributed by atoms with Crippen molar-refractivity contribution in [3.63, 3.8) is 0 Å². The monoisotopic (exact) mass is 397 g/mol. The first-order chi connectivity index (χ1) is 10.8. The predicted octanol–water partition coefficient (Wildman–Crippen LogP) is 3.26. The van der Waals surface area contributed by atoms with Crippen molar-refractivity contribution in [3.05, 3.63) is 15.9 Å². The van der Waals surface area contributed by atoms with E-state index in [1.807, 2.05) is 0 Å². The molecule has 0 spiro atoms. The largest absolute Gasteiger partial charge is 0.436 e. The molecule has 130 valence electrons. The zero-order valence-electron chi connectivity index (χ0n) is 12.9. The number of amides is 1. The molecule has 0 radical (unpaired) electrons. The molecule has 1 aromatic rings. The second-order valence-corrected chi connectivity index (χ2v) is 6.37. The Labute approximate surface area is 140 Å². The molecule has 9 heteroatoms. The minimum atomic E-state index is -4.55. The lowest BCUT2D eigenvalue weighted by Gasteiger charge is -2.15. The molecule has 0 aromatic carbocycles. The molecule has 1 unspecified atom stereocenters. The molecule has 0 bridgehead atoms. The standard InChI is InChI=1S/C14H19BrF3N3O2/c1-8(13(22)19-6-3-7-23-2)21-11(9-4-5-9)10(15)12(20-21)14(16,17)18/h8-9H,3-7H2,1-2H3,(H,19,22). The molecule has 1 saturated carbocycles. The van der Waals surface area contributed by atoms with Crippen molar-refractivity contribution >= 4 is 21.8 Å². The van der Waals surface area contributed by atoms with Gasteiger partial charge in [-0.15, -0.1) is 0 Å². The third-order valence-corrected chi connectivity index (χ3v) is 4.47. The van der Waals surface area contributed by atoms with Gasteiger partial charge in [-0.2, -0.15) is 18.3 Å². The average molecular weight is 398 g/mol. The Bertz CT molecular complexity index is 570. The lowest BCUT2D eigenvalue weighted by atomic mass is 10.2. The van der Waals surface area contributed by atoms with E-state index >= 15 is 0 Å². The Morgan fingerprint density at radius 3 is 2.70 bits per heavy atom. The number of halogens is 4. The molecule has 2 rings (SSSR count). The van der Waals surface area contributed by atoms with E-state index in [1.54, 1.807) is 14.0 Å². The molecule has 1 aromatic heterocycles. The smallest absolute Gasteiger partial charge is 0.385 e. The van der Waals surface area contributed by atoms with E-state index < -0.39 is 17.9 Å². The number of carbonyl (C=O) groups excluding carboxylic acids is 1. The van der Waals surface area contributed by atoms with Gasteiger partial charge in [0.05, 0.1) is 10.2 Å².